The van der Waals surface area contributed by atoms with Crippen LogP contribution in [0.2, 0.25) is 0 Å². The smallest absolute Gasteiger partial charge is 0.419 e. The lowest BCUT2D eigenvalue weighted by Crippen LogP contribution is -2.32. The first-order valence-electron chi connectivity index (χ1n) is 3.61. The highest BCUT2D eigenvalue weighted by atomic mass is 32.2. The van der Waals surface area contributed by atoms with Gasteiger partial charge in [0, 0.05) is 0 Å². The predicted octanol–water partition coefficient (Wildman–Crippen LogP) is 1.34. The Balaban J connectivity index is 2.01. The number of hydrogen-bond donors (Lipinski definition) is 1. The SMILES string of the molecule is O=C(O)N1SOC[C@H]1C1CC1. The number of amides is 1. The summed E-state index contributed by atoms with van der Waals surface area (Å²) < 4.78 is 6.31. The highest BCUT2D eigenvalue weighted by Crippen LogP contribution is 2.41. The molecule has 0 aromatic heterocycles. The van der Waals surface area contributed by atoms with Crippen molar-refractivity contribution in [3.05, 3.63) is 0 Å². The van der Waals surface area contributed by atoms with E-state index in [2.05, 4.69) is 0 Å². The summed E-state index contributed by atoms with van der Waals surface area (Å²) >= 11 is 0.961. The Hall–Kier alpha value is -0.420. The Bertz CT molecular complexity index is 183. The summed E-state index contributed by atoms with van der Waals surface area (Å²) in [7, 11) is 0. The van der Waals surface area contributed by atoms with Crippen molar-refractivity contribution in [1.29, 1.82) is 0 Å². The van der Waals surface area contributed by atoms with Crippen molar-refractivity contribution in [2.45, 2.75) is 18.9 Å². The standard InChI is InChI=1S/C6H9NO3S/c8-6(9)7-5(3-10-11-7)4-1-2-4/h4-5H,1-3H2,(H,8,9)/t5-/m0/s1. The van der Waals surface area contributed by atoms with E-state index >= 15 is 0 Å². The number of hydrogen-bond acceptors (Lipinski definition) is 3. The molecule has 2 aliphatic rings. The van der Waals surface area contributed by atoms with Gasteiger partial charge in [0.1, 0.15) is 12.2 Å². The third-order valence-corrected chi connectivity index (χ3v) is 2.86. The number of nitrogens with zero attached hydrogens (tertiary/aromatic N) is 1. The lowest BCUT2D eigenvalue weighted by molar-refractivity contribution is 0.162. The second kappa shape index (κ2) is 2.57. The summed E-state index contributed by atoms with van der Waals surface area (Å²) in [6, 6.07) is 0.109. The molecule has 1 aliphatic heterocycles. The van der Waals surface area contributed by atoms with Crippen LogP contribution in [-0.2, 0) is 4.18 Å². The number of carboxylic acid groups (broad SMARTS) is 1. The van der Waals surface area contributed by atoms with Crippen LogP contribution in [0.25, 0.3) is 0 Å². The monoisotopic (exact) mass is 175 g/mol. The van der Waals surface area contributed by atoms with Crippen molar-refractivity contribution in [3.63, 3.8) is 0 Å². The second-order valence-corrected chi connectivity index (χ2v) is 3.65. The molecule has 2 fully saturated rings. The Kier molecular flexibility index (Phi) is 1.69. The number of carbonyl (C=O) groups is 1. The Morgan fingerprint density at radius 1 is 1.64 bits per heavy atom. The summed E-state index contributed by atoms with van der Waals surface area (Å²) in [5, 5.41) is 8.69. The van der Waals surface area contributed by atoms with Gasteiger partial charge < -0.3 is 5.11 Å². The molecule has 0 radical (unpaired) electrons. The lowest BCUT2D eigenvalue weighted by atomic mass is 10.2. The highest BCUT2D eigenvalue weighted by molar-refractivity contribution is 7.93. The molecule has 0 aromatic rings. The minimum Gasteiger partial charge on any atom is -0.464 e. The molecule has 1 atom stereocenters. The zero-order valence-corrected chi connectivity index (χ0v) is 6.71. The molecule has 1 N–H and O–H groups in total. The third-order valence-electron chi connectivity index (χ3n) is 2.03. The fourth-order valence-electron chi connectivity index (χ4n) is 1.26. The van der Waals surface area contributed by atoms with Gasteiger partial charge in [-0.1, -0.05) is 0 Å². The van der Waals surface area contributed by atoms with Crippen molar-refractivity contribution in [1.82, 2.24) is 4.31 Å². The van der Waals surface area contributed by atoms with Gasteiger partial charge in [0.15, 0.2) is 0 Å². The fraction of sp³-hybridized carbons (Fsp3) is 0.833. The van der Waals surface area contributed by atoms with Crippen molar-refractivity contribution < 1.29 is 14.1 Å². The summed E-state index contributed by atoms with van der Waals surface area (Å²) in [6.07, 6.45) is 1.42. The van der Waals surface area contributed by atoms with E-state index < -0.39 is 6.09 Å². The largest absolute Gasteiger partial charge is 0.464 e. The van der Waals surface area contributed by atoms with Gasteiger partial charge >= 0.3 is 6.09 Å². The Morgan fingerprint density at radius 2 is 2.36 bits per heavy atom. The van der Waals surface area contributed by atoms with Crippen LogP contribution in [0, 0.1) is 5.92 Å². The van der Waals surface area contributed by atoms with Crippen molar-refractivity contribution in [3.8, 4) is 0 Å². The van der Waals surface area contributed by atoms with Crippen LogP contribution >= 0.6 is 12.2 Å². The summed E-state index contributed by atoms with van der Waals surface area (Å²) in [4.78, 5) is 10.6. The van der Waals surface area contributed by atoms with E-state index in [1.807, 2.05) is 0 Å². The molecule has 2 rings (SSSR count). The van der Waals surface area contributed by atoms with E-state index in [-0.39, 0.29) is 6.04 Å². The van der Waals surface area contributed by atoms with E-state index in [1.165, 1.54) is 4.31 Å². The number of rotatable bonds is 1. The highest BCUT2D eigenvalue weighted by Gasteiger charge is 2.42. The maximum Gasteiger partial charge on any atom is 0.419 e. The molecule has 1 saturated carbocycles. The molecule has 1 aliphatic carbocycles. The average Bonchev–Trinajstić information content (AvgIpc) is 2.68. The average molecular weight is 175 g/mol. The zero-order valence-electron chi connectivity index (χ0n) is 5.90. The first-order valence-corrected chi connectivity index (χ1v) is 4.30. The topological polar surface area (TPSA) is 49.8 Å². The van der Waals surface area contributed by atoms with E-state index in [9.17, 15) is 4.79 Å². The van der Waals surface area contributed by atoms with Gasteiger partial charge in [-0.2, -0.15) is 0 Å². The third kappa shape index (κ3) is 1.30. The van der Waals surface area contributed by atoms with Crippen LogP contribution in [0.1, 0.15) is 12.8 Å². The van der Waals surface area contributed by atoms with E-state index in [0.717, 1.165) is 25.1 Å². The van der Waals surface area contributed by atoms with Crippen LogP contribution in [0.4, 0.5) is 4.79 Å². The van der Waals surface area contributed by atoms with Gasteiger partial charge in [-0.15, -0.1) is 0 Å². The normalized spacial score (nSPS) is 30.9. The molecule has 0 aromatic carbocycles. The van der Waals surface area contributed by atoms with Crippen molar-refractivity contribution in [2.24, 2.45) is 5.92 Å². The summed E-state index contributed by atoms with van der Waals surface area (Å²) in [5.74, 6) is 0.557. The Morgan fingerprint density at radius 3 is 2.91 bits per heavy atom. The van der Waals surface area contributed by atoms with E-state index in [1.54, 1.807) is 0 Å². The quantitative estimate of drug-likeness (QED) is 0.482. The molecule has 0 bridgehead atoms. The molecule has 11 heavy (non-hydrogen) atoms. The molecular formula is C6H9NO3S. The molecule has 62 valence electrons. The first kappa shape index (κ1) is 7.24. The molecule has 1 amide bonds. The molecular weight excluding hydrogens is 166 g/mol. The molecule has 5 heteroatoms. The fourth-order valence-corrected chi connectivity index (χ4v) is 1.98. The van der Waals surface area contributed by atoms with E-state index in [0.29, 0.717) is 12.5 Å². The van der Waals surface area contributed by atoms with Gasteiger partial charge in [0.25, 0.3) is 0 Å². The Labute approximate surface area is 68.8 Å². The molecule has 4 nitrogen and oxygen atoms in total. The van der Waals surface area contributed by atoms with Gasteiger partial charge in [0.2, 0.25) is 0 Å². The van der Waals surface area contributed by atoms with Gasteiger partial charge in [-0.05, 0) is 18.8 Å². The van der Waals surface area contributed by atoms with Crippen molar-refractivity contribution >= 4 is 18.3 Å². The van der Waals surface area contributed by atoms with Crippen LogP contribution in [0.3, 0.4) is 0 Å². The zero-order chi connectivity index (χ0) is 7.84. The molecule has 1 saturated heterocycles. The molecule has 0 unspecified atom stereocenters. The molecule has 0 spiro atoms. The second-order valence-electron chi connectivity index (χ2n) is 2.87. The van der Waals surface area contributed by atoms with Gasteiger partial charge in [-0.25, -0.2) is 9.10 Å². The van der Waals surface area contributed by atoms with Crippen LogP contribution < -0.4 is 0 Å². The van der Waals surface area contributed by atoms with Crippen LogP contribution in [0.5, 0.6) is 0 Å². The van der Waals surface area contributed by atoms with Crippen LogP contribution in [-0.4, -0.2) is 28.2 Å². The van der Waals surface area contributed by atoms with Gasteiger partial charge in [0.05, 0.1) is 12.6 Å². The van der Waals surface area contributed by atoms with E-state index in [4.69, 9.17) is 9.29 Å². The summed E-state index contributed by atoms with van der Waals surface area (Å²) in [5.41, 5.74) is 0. The van der Waals surface area contributed by atoms with Gasteiger partial charge in [-0.3, -0.25) is 4.18 Å². The maximum atomic E-state index is 10.6. The lowest BCUT2D eigenvalue weighted by Gasteiger charge is -2.15. The first-order chi connectivity index (χ1) is 5.29. The predicted molar refractivity (Wildman–Crippen MR) is 39.9 cm³/mol. The van der Waals surface area contributed by atoms with Crippen molar-refractivity contribution in [2.75, 3.05) is 6.61 Å². The maximum absolute atomic E-state index is 10.6. The minimum atomic E-state index is -0.885. The van der Waals surface area contributed by atoms with Crippen LogP contribution in [0.15, 0.2) is 0 Å². The molecule has 1 heterocycles. The summed E-state index contributed by atoms with van der Waals surface area (Å²) in [6.45, 7) is 0.557. The minimum absolute atomic E-state index is 0.109.